The number of nitrogens with zero attached hydrogens (tertiary/aromatic N) is 9. The van der Waals surface area contributed by atoms with Crippen LogP contribution in [0.15, 0.2) is 55.2 Å². The fourth-order valence-electron chi connectivity index (χ4n) is 3.95. The van der Waals surface area contributed by atoms with E-state index in [2.05, 4.69) is 51.9 Å². The van der Waals surface area contributed by atoms with Gasteiger partial charge < -0.3 is 20.6 Å². The first kappa shape index (κ1) is 22.1. The smallest absolute Gasteiger partial charge is 0.206 e. The first-order chi connectivity index (χ1) is 17.2. The molecule has 1 aromatic carbocycles. The second kappa shape index (κ2) is 10.0. The Labute approximate surface area is 202 Å². The summed E-state index contributed by atoms with van der Waals surface area (Å²) in [6, 6.07) is 10.9. The van der Waals surface area contributed by atoms with Crippen molar-refractivity contribution in [3.8, 4) is 28.8 Å². The quantitative estimate of drug-likeness (QED) is 0.425. The maximum Gasteiger partial charge on any atom is 0.206 e. The van der Waals surface area contributed by atoms with Gasteiger partial charge in [-0.25, -0.2) is 19.6 Å². The molecule has 1 fully saturated rings. The number of para-hydroxylation sites is 1. The van der Waals surface area contributed by atoms with Crippen LogP contribution in [0.1, 0.15) is 12.2 Å². The molecular formula is C24H24N10O. The van der Waals surface area contributed by atoms with Crippen molar-refractivity contribution < 1.29 is 5.11 Å². The number of aromatic hydroxyl groups is 1. The van der Waals surface area contributed by atoms with E-state index in [-0.39, 0.29) is 5.75 Å². The minimum atomic E-state index is 0.156. The molecule has 0 unspecified atom stereocenters. The van der Waals surface area contributed by atoms with E-state index in [9.17, 15) is 5.11 Å². The first-order valence-corrected chi connectivity index (χ1v) is 11.2. The van der Waals surface area contributed by atoms with Gasteiger partial charge in [0.1, 0.15) is 30.8 Å². The van der Waals surface area contributed by atoms with Crippen LogP contribution in [0.4, 0.5) is 17.3 Å². The van der Waals surface area contributed by atoms with Crippen LogP contribution in [0.25, 0.3) is 11.3 Å². The number of rotatable bonds is 4. The Kier molecular flexibility index (Phi) is 6.34. The molecule has 4 aromatic rings. The lowest BCUT2D eigenvalue weighted by molar-refractivity contribution is 0.477. The van der Waals surface area contributed by atoms with Gasteiger partial charge >= 0.3 is 0 Å². The molecule has 11 heteroatoms. The molecule has 0 aliphatic carbocycles. The Morgan fingerprint density at radius 3 is 2.74 bits per heavy atom. The zero-order chi connectivity index (χ0) is 24.0. The molecule has 0 spiro atoms. The molecule has 0 atom stereocenters. The van der Waals surface area contributed by atoms with Crippen LogP contribution in [0.5, 0.6) is 5.75 Å². The average molecular weight is 469 g/mol. The van der Waals surface area contributed by atoms with E-state index in [0.717, 1.165) is 44.1 Å². The maximum absolute atomic E-state index is 10.2. The van der Waals surface area contributed by atoms with Gasteiger partial charge in [0.25, 0.3) is 0 Å². The fourth-order valence-corrected chi connectivity index (χ4v) is 3.95. The first-order valence-electron chi connectivity index (χ1n) is 11.2. The number of hydrogen-bond donors (Lipinski definition) is 2. The number of phenolic OH excluding ortho intramolecular Hbond substituents is 1. The van der Waals surface area contributed by atoms with Crippen molar-refractivity contribution in [3.05, 3.63) is 61.1 Å². The zero-order valence-electron chi connectivity index (χ0n) is 19.0. The molecule has 0 amide bonds. The van der Waals surface area contributed by atoms with Crippen molar-refractivity contribution >= 4 is 17.3 Å². The molecule has 0 radical (unpaired) electrons. The molecular weight excluding hydrogens is 444 g/mol. The number of anilines is 3. The molecule has 3 N–H and O–H groups in total. The van der Waals surface area contributed by atoms with Gasteiger partial charge in [-0.15, -0.1) is 10.2 Å². The fraction of sp³-hybridized carbons (Fsp3) is 0.250. The van der Waals surface area contributed by atoms with Gasteiger partial charge in [-0.2, -0.15) is 5.10 Å². The predicted octanol–water partition coefficient (Wildman–Crippen LogP) is 1.58. The average Bonchev–Trinajstić information content (AvgIpc) is 3.27. The second-order valence-corrected chi connectivity index (χ2v) is 7.98. The van der Waals surface area contributed by atoms with E-state index in [0.29, 0.717) is 29.4 Å². The van der Waals surface area contributed by atoms with Crippen molar-refractivity contribution in [1.82, 2.24) is 34.9 Å². The maximum atomic E-state index is 10.2. The summed E-state index contributed by atoms with van der Waals surface area (Å²) in [5.74, 6) is 7.84. The zero-order valence-corrected chi connectivity index (χ0v) is 19.0. The highest BCUT2D eigenvalue weighted by Gasteiger charge is 2.20. The van der Waals surface area contributed by atoms with E-state index < -0.39 is 0 Å². The second-order valence-electron chi connectivity index (χ2n) is 7.98. The molecule has 1 aliphatic heterocycles. The van der Waals surface area contributed by atoms with Crippen molar-refractivity contribution in [2.24, 2.45) is 0 Å². The van der Waals surface area contributed by atoms with E-state index >= 15 is 0 Å². The number of benzene rings is 1. The lowest BCUT2D eigenvalue weighted by atomic mass is 10.1. The molecule has 5 rings (SSSR count). The standard InChI is InChI=1S/C24H24N10O/c25-24-20(15-19(30-31-24)18-5-1-2-6-21(18)35)32-10-4-11-33(14-13-32)23-8-9-27-22(29-23)7-3-12-34-17-26-16-28-34/h1-2,5-6,8-9,15-17,35H,4,10-14H2,(H2,25,31). The van der Waals surface area contributed by atoms with E-state index in [1.54, 1.807) is 29.3 Å². The Morgan fingerprint density at radius 2 is 1.89 bits per heavy atom. The summed E-state index contributed by atoms with van der Waals surface area (Å²) in [4.78, 5) is 17.2. The van der Waals surface area contributed by atoms with Gasteiger partial charge in [0.15, 0.2) is 5.82 Å². The lowest BCUT2D eigenvalue weighted by Gasteiger charge is -2.25. The SMILES string of the molecule is Nc1nnc(-c2ccccc2O)cc1N1CCCN(c2ccnc(C#CCn3cncn3)n2)CC1. The summed E-state index contributed by atoms with van der Waals surface area (Å²) in [6.07, 6.45) is 5.73. The molecule has 11 nitrogen and oxygen atoms in total. The van der Waals surface area contributed by atoms with Gasteiger partial charge in [0.05, 0.1) is 11.4 Å². The van der Waals surface area contributed by atoms with E-state index in [1.807, 2.05) is 24.3 Å². The summed E-state index contributed by atoms with van der Waals surface area (Å²) in [7, 11) is 0. The van der Waals surface area contributed by atoms with Crippen LogP contribution in [0.3, 0.4) is 0 Å². The van der Waals surface area contributed by atoms with Crippen molar-refractivity contribution in [2.75, 3.05) is 41.7 Å². The summed E-state index contributed by atoms with van der Waals surface area (Å²) in [5, 5.41) is 22.6. The molecule has 4 heterocycles. The summed E-state index contributed by atoms with van der Waals surface area (Å²) < 4.78 is 1.64. The molecule has 1 aliphatic rings. The number of hydrogen-bond acceptors (Lipinski definition) is 10. The number of nitrogens with two attached hydrogens (primary N) is 1. The van der Waals surface area contributed by atoms with Crippen molar-refractivity contribution in [1.29, 1.82) is 0 Å². The Morgan fingerprint density at radius 1 is 1.03 bits per heavy atom. The molecule has 1 saturated heterocycles. The van der Waals surface area contributed by atoms with Crippen LogP contribution in [0.2, 0.25) is 0 Å². The number of phenols is 1. The van der Waals surface area contributed by atoms with Gasteiger partial charge in [-0.05, 0) is 36.6 Å². The normalized spacial score (nSPS) is 13.7. The number of nitrogen functional groups attached to an aromatic ring is 1. The Hall–Kier alpha value is -4.72. The molecule has 35 heavy (non-hydrogen) atoms. The number of aromatic nitrogens is 7. The van der Waals surface area contributed by atoms with Crippen LogP contribution < -0.4 is 15.5 Å². The van der Waals surface area contributed by atoms with E-state index in [1.165, 1.54) is 6.33 Å². The largest absolute Gasteiger partial charge is 0.507 e. The van der Waals surface area contributed by atoms with Crippen molar-refractivity contribution in [2.45, 2.75) is 13.0 Å². The predicted molar refractivity (Wildman–Crippen MR) is 132 cm³/mol. The van der Waals surface area contributed by atoms with Crippen LogP contribution in [0, 0.1) is 11.8 Å². The lowest BCUT2D eigenvalue weighted by Crippen LogP contribution is -2.31. The van der Waals surface area contributed by atoms with Gasteiger partial charge in [-0.1, -0.05) is 18.1 Å². The Balaban J connectivity index is 1.30. The van der Waals surface area contributed by atoms with Crippen LogP contribution >= 0.6 is 0 Å². The highest BCUT2D eigenvalue weighted by Crippen LogP contribution is 2.31. The molecule has 176 valence electrons. The molecule has 0 bridgehead atoms. The Bertz CT molecular complexity index is 1360. The minimum Gasteiger partial charge on any atom is -0.507 e. The van der Waals surface area contributed by atoms with Crippen LogP contribution in [-0.2, 0) is 6.54 Å². The molecule has 0 saturated carbocycles. The highest BCUT2D eigenvalue weighted by molar-refractivity contribution is 5.74. The molecule has 3 aromatic heterocycles. The third-order valence-corrected chi connectivity index (χ3v) is 5.69. The van der Waals surface area contributed by atoms with Gasteiger partial charge in [0.2, 0.25) is 5.82 Å². The van der Waals surface area contributed by atoms with Crippen LogP contribution in [-0.4, -0.2) is 66.2 Å². The summed E-state index contributed by atoms with van der Waals surface area (Å²) in [5.41, 5.74) is 8.21. The van der Waals surface area contributed by atoms with Gasteiger partial charge in [0, 0.05) is 37.9 Å². The topological polar surface area (TPSA) is 135 Å². The van der Waals surface area contributed by atoms with Gasteiger partial charge in [-0.3, -0.25) is 0 Å². The summed E-state index contributed by atoms with van der Waals surface area (Å²) >= 11 is 0. The third-order valence-electron chi connectivity index (χ3n) is 5.69. The summed E-state index contributed by atoms with van der Waals surface area (Å²) in [6.45, 7) is 3.55. The highest BCUT2D eigenvalue weighted by atomic mass is 16.3. The van der Waals surface area contributed by atoms with Crippen molar-refractivity contribution in [3.63, 3.8) is 0 Å². The third kappa shape index (κ3) is 5.11. The minimum absolute atomic E-state index is 0.156. The van der Waals surface area contributed by atoms with E-state index in [4.69, 9.17) is 5.73 Å². The monoisotopic (exact) mass is 468 g/mol.